The van der Waals surface area contributed by atoms with Crippen LogP contribution in [0.2, 0.25) is 5.02 Å². The molecule has 1 heterocycles. The van der Waals surface area contributed by atoms with Crippen molar-refractivity contribution in [3.63, 3.8) is 0 Å². The number of nitrogens with one attached hydrogen (secondary N) is 2. The molecule has 0 saturated heterocycles. The normalized spacial score (nSPS) is 11.7. The number of anilines is 1. The van der Waals surface area contributed by atoms with Crippen molar-refractivity contribution in [2.24, 2.45) is 7.05 Å². The van der Waals surface area contributed by atoms with Crippen LogP contribution >= 0.6 is 23.4 Å². The van der Waals surface area contributed by atoms with Gasteiger partial charge in [0.2, 0.25) is 5.91 Å². The average molecular weight is 444 g/mol. The predicted molar refractivity (Wildman–Crippen MR) is 119 cm³/mol. The summed E-state index contributed by atoms with van der Waals surface area (Å²) >= 11 is 7.36. The van der Waals surface area contributed by atoms with E-state index >= 15 is 0 Å². The Morgan fingerprint density at radius 1 is 1.13 bits per heavy atom. The number of nitrogens with zero attached hydrogens (tertiary/aromatic N) is 3. The number of thioether (sulfide) groups is 1. The van der Waals surface area contributed by atoms with Crippen LogP contribution in [0.1, 0.15) is 34.7 Å². The van der Waals surface area contributed by atoms with Gasteiger partial charge in [-0.15, -0.1) is 10.2 Å². The number of amides is 2. The first-order valence-corrected chi connectivity index (χ1v) is 10.7. The number of rotatable bonds is 7. The highest BCUT2D eigenvalue weighted by molar-refractivity contribution is 7.99. The summed E-state index contributed by atoms with van der Waals surface area (Å²) in [7, 11) is 1.81. The van der Waals surface area contributed by atoms with Crippen molar-refractivity contribution in [1.29, 1.82) is 0 Å². The van der Waals surface area contributed by atoms with Crippen LogP contribution in [-0.4, -0.2) is 32.3 Å². The van der Waals surface area contributed by atoms with E-state index in [2.05, 4.69) is 20.8 Å². The molecule has 0 bridgehead atoms. The number of aromatic nitrogens is 3. The molecular weight excluding hydrogens is 422 g/mol. The Balaban J connectivity index is 1.59. The van der Waals surface area contributed by atoms with Crippen LogP contribution < -0.4 is 10.6 Å². The molecule has 0 fully saturated rings. The summed E-state index contributed by atoms with van der Waals surface area (Å²) in [6, 6.07) is 14.0. The van der Waals surface area contributed by atoms with Gasteiger partial charge in [-0.1, -0.05) is 47.6 Å². The molecule has 1 aromatic heterocycles. The summed E-state index contributed by atoms with van der Waals surface area (Å²) in [5.74, 6) is 0.424. The smallest absolute Gasteiger partial charge is 0.251 e. The first kappa shape index (κ1) is 21.9. The van der Waals surface area contributed by atoms with Crippen LogP contribution in [-0.2, 0) is 11.8 Å². The summed E-state index contributed by atoms with van der Waals surface area (Å²) in [6.45, 7) is 3.69. The molecular formula is C21H22ClN5O2S. The van der Waals surface area contributed by atoms with Crippen LogP contribution in [0.15, 0.2) is 53.7 Å². The Morgan fingerprint density at radius 2 is 1.87 bits per heavy atom. The highest BCUT2D eigenvalue weighted by Crippen LogP contribution is 2.24. The topological polar surface area (TPSA) is 88.9 Å². The van der Waals surface area contributed by atoms with Crippen molar-refractivity contribution in [2.75, 3.05) is 11.1 Å². The molecule has 0 aliphatic carbocycles. The second kappa shape index (κ2) is 9.77. The van der Waals surface area contributed by atoms with Gasteiger partial charge in [-0.3, -0.25) is 9.59 Å². The number of halogens is 1. The number of hydrogen-bond acceptors (Lipinski definition) is 5. The largest absolute Gasteiger partial charge is 0.342 e. The van der Waals surface area contributed by atoms with Crippen LogP contribution in [0.4, 0.5) is 5.69 Å². The Kier molecular flexibility index (Phi) is 7.12. The minimum atomic E-state index is -0.340. The first-order valence-electron chi connectivity index (χ1n) is 9.29. The molecule has 9 heteroatoms. The van der Waals surface area contributed by atoms with E-state index in [1.165, 1.54) is 11.8 Å². The second-order valence-electron chi connectivity index (χ2n) is 6.71. The summed E-state index contributed by atoms with van der Waals surface area (Å²) < 4.78 is 1.78. The monoisotopic (exact) mass is 443 g/mol. The summed E-state index contributed by atoms with van der Waals surface area (Å²) in [5.41, 5.74) is 2.08. The lowest BCUT2D eigenvalue weighted by atomic mass is 10.2. The zero-order valence-corrected chi connectivity index (χ0v) is 18.4. The quantitative estimate of drug-likeness (QED) is 0.539. The molecule has 3 aromatic rings. The Morgan fingerprint density at radius 3 is 2.60 bits per heavy atom. The molecule has 1 atom stereocenters. The van der Waals surface area contributed by atoms with Gasteiger partial charge in [0.15, 0.2) is 11.0 Å². The number of carbonyl (C=O) groups excluding carboxylic acids is 2. The van der Waals surface area contributed by atoms with E-state index in [1.54, 1.807) is 34.9 Å². The minimum Gasteiger partial charge on any atom is -0.342 e. The van der Waals surface area contributed by atoms with Crippen molar-refractivity contribution < 1.29 is 9.59 Å². The molecule has 30 heavy (non-hydrogen) atoms. The van der Waals surface area contributed by atoms with Gasteiger partial charge < -0.3 is 15.2 Å². The van der Waals surface area contributed by atoms with E-state index in [0.29, 0.717) is 27.3 Å². The molecule has 7 nitrogen and oxygen atoms in total. The standard InChI is InChI=1S/C21H22ClN5O2S/c1-13-16(22)10-7-11-17(13)24-18(28)12-30-21-26-25-19(27(21)3)14(2)23-20(29)15-8-5-4-6-9-15/h4-11,14H,12H2,1-3H3,(H,23,29)(H,24,28)/t14-/m0/s1. The molecule has 2 N–H and O–H groups in total. The van der Waals surface area contributed by atoms with E-state index < -0.39 is 0 Å². The van der Waals surface area contributed by atoms with E-state index in [0.717, 1.165) is 5.56 Å². The fourth-order valence-corrected chi connectivity index (χ4v) is 3.71. The lowest BCUT2D eigenvalue weighted by Crippen LogP contribution is -2.28. The highest BCUT2D eigenvalue weighted by Gasteiger charge is 2.19. The van der Waals surface area contributed by atoms with Gasteiger partial charge in [-0.25, -0.2) is 0 Å². The lowest BCUT2D eigenvalue weighted by molar-refractivity contribution is -0.113. The second-order valence-corrected chi connectivity index (χ2v) is 8.06. The fraction of sp³-hybridized carbons (Fsp3) is 0.238. The third kappa shape index (κ3) is 5.20. The van der Waals surface area contributed by atoms with Crippen molar-refractivity contribution in [1.82, 2.24) is 20.1 Å². The lowest BCUT2D eigenvalue weighted by Gasteiger charge is -2.13. The van der Waals surface area contributed by atoms with E-state index in [1.807, 2.05) is 39.1 Å². The Hall–Kier alpha value is -2.84. The molecule has 0 aliphatic heterocycles. The maximum absolute atomic E-state index is 12.4. The van der Waals surface area contributed by atoms with E-state index in [4.69, 9.17) is 11.6 Å². The highest BCUT2D eigenvalue weighted by atomic mass is 35.5. The molecule has 156 valence electrons. The average Bonchev–Trinajstić information content (AvgIpc) is 3.11. The predicted octanol–water partition coefficient (Wildman–Crippen LogP) is 4.00. The molecule has 2 amide bonds. The zero-order valence-electron chi connectivity index (χ0n) is 16.8. The molecule has 0 spiro atoms. The van der Waals surface area contributed by atoms with Crippen molar-refractivity contribution in [3.8, 4) is 0 Å². The Bertz CT molecular complexity index is 1050. The van der Waals surface area contributed by atoms with Gasteiger partial charge in [-0.2, -0.15) is 0 Å². The van der Waals surface area contributed by atoms with Crippen LogP contribution in [0, 0.1) is 6.92 Å². The van der Waals surface area contributed by atoms with Crippen LogP contribution in [0.5, 0.6) is 0 Å². The van der Waals surface area contributed by atoms with Gasteiger partial charge in [0, 0.05) is 23.3 Å². The van der Waals surface area contributed by atoms with Gasteiger partial charge in [0.1, 0.15) is 0 Å². The number of carbonyl (C=O) groups is 2. The summed E-state index contributed by atoms with van der Waals surface area (Å²) in [5, 5.41) is 15.3. The maximum Gasteiger partial charge on any atom is 0.251 e. The van der Waals surface area contributed by atoms with Gasteiger partial charge in [-0.05, 0) is 43.7 Å². The third-order valence-corrected chi connectivity index (χ3v) is 5.94. The minimum absolute atomic E-state index is 0.166. The SMILES string of the molecule is Cc1c(Cl)cccc1NC(=O)CSc1nnc([C@H](C)NC(=O)c2ccccc2)n1C. The van der Waals surface area contributed by atoms with Crippen LogP contribution in [0.25, 0.3) is 0 Å². The van der Waals surface area contributed by atoms with Crippen molar-refractivity contribution in [2.45, 2.75) is 25.0 Å². The van der Waals surface area contributed by atoms with Gasteiger partial charge >= 0.3 is 0 Å². The molecule has 0 unspecified atom stereocenters. The Labute approximate surface area is 184 Å². The molecule has 0 radical (unpaired) electrons. The molecule has 3 rings (SSSR count). The first-order chi connectivity index (χ1) is 14.4. The molecule has 0 aliphatic rings. The van der Waals surface area contributed by atoms with Gasteiger partial charge in [0.05, 0.1) is 11.8 Å². The van der Waals surface area contributed by atoms with E-state index in [9.17, 15) is 9.59 Å². The van der Waals surface area contributed by atoms with Gasteiger partial charge in [0.25, 0.3) is 5.91 Å². The van der Waals surface area contributed by atoms with E-state index in [-0.39, 0.29) is 23.6 Å². The summed E-state index contributed by atoms with van der Waals surface area (Å²) in [4.78, 5) is 24.7. The van der Waals surface area contributed by atoms with Crippen molar-refractivity contribution >= 4 is 40.9 Å². The molecule has 2 aromatic carbocycles. The van der Waals surface area contributed by atoms with Crippen LogP contribution in [0.3, 0.4) is 0 Å². The fourth-order valence-electron chi connectivity index (χ4n) is 2.82. The summed E-state index contributed by atoms with van der Waals surface area (Å²) in [6.07, 6.45) is 0. The number of benzene rings is 2. The maximum atomic E-state index is 12.4. The molecule has 0 saturated carbocycles. The zero-order chi connectivity index (χ0) is 21.7. The third-order valence-electron chi connectivity index (χ3n) is 4.51. The number of hydrogen-bond donors (Lipinski definition) is 2. The van der Waals surface area contributed by atoms with Crippen molar-refractivity contribution in [3.05, 3.63) is 70.5 Å².